The third-order valence-electron chi connectivity index (χ3n) is 4.81. The molecule has 146 valence electrons. The van der Waals surface area contributed by atoms with Crippen LogP contribution in [-0.4, -0.2) is 56.0 Å². The van der Waals surface area contributed by atoms with E-state index in [0.717, 1.165) is 5.56 Å². The van der Waals surface area contributed by atoms with Crippen molar-refractivity contribution in [2.75, 3.05) is 34.0 Å². The van der Waals surface area contributed by atoms with E-state index in [0.29, 0.717) is 41.7 Å². The molecule has 1 aliphatic rings. The first-order chi connectivity index (χ1) is 13.0. The maximum absolute atomic E-state index is 13.2. The van der Waals surface area contributed by atoms with Gasteiger partial charge in [-0.1, -0.05) is 6.07 Å². The summed E-state index contributed by atoms with van der Waals surface area (Å²) in [6.07, 6.45) is -0.533. The maximum Gasteiger partial charge on any atom is 0.258 e. The zero-order valence-corrected chi connectivity index (χ0v) is 16.0. The number of benzene rings is 1. The molecule has 0 unspecified atom stereocenters. The standard InChI is InChI=1S/C20H25NO6/c1-12-9-15(13(2)27-12)20(23)21-7-8-26-18(11-22)19(21)14-5-6-16(24-3)17(10-14)25-4/h5-6,9-10,18-19,22H,7-8,11H2,1-4H3/t18-,19-/m1/s1. The van der Waals surface area contributed by atoms with Gasteiger partial charge in [0, 0.05) is 6.54 Å². The molecule has 7 nitrogen and oxygen atoms in total. The smallest absolute Gasteiger partial charge is 0.258 e. The zero-order valence-electron chi connectivity index (χ0n) is 16.0. The molecular formula is C20H25NO6. The zero-order chi connectivity index (χ0) is 19.6. The van der Waals surface area contributed by atoms with Crippen LogP contribution in [0.2, 0.25) is 0 Å². The molecule has 0 radical (unpaired) electrons. The highest BCUT2D eigenvalue weighted by atomic mass is 16.5. The monoisotopic (exact) mass is 375 g/mol. The van der Waals surface area contributed by atoms with Crippen LogP contribution in [0, 0.1) is 13.8 Å². The molecule has 0 spiro atoms. The van der Waals surface area contributed by atoms with Gasteiger partial charge < -0.3 is 28.6 Å². The predicted molar refractivity (Wildman–Crippen MR) is 98.3 cm³/mol. The fourth-order valence-electron chi connectivity index (χ4n) is 3.54. The molecule has 27 heavy (non-hydrogen) atoms. The number of ether oxygens (including phenoxy) is 3. The number of hydrogen-bond donors (Lipinski definition) is 1. The number of carbonyl (C=O) groups excluding carboxylic acids is 1. The van der Waals surface area contributed by atoms with Crippen LogP contribution >= 0.6 is 0 Å². The summed E-state index contributed by atoms with van der Waals surface area (Å²) in [7, 11) is 3.13. The number of aliphatic hydroxyl groups excluding tert-OH is 1. The summed E-state index contributed by atoms with van der Waals surface area (Å²) in [5.74, 6) is 2.27. The van der Waals surface area contributed by atoms with Crippen molar-refractivity contribution in [3.05, 3.63) is 46.9 Å². The number of rotatable bonds is 5. The lowest BCUT2D eigenvalue weighted by Gasteiger charge is -2.41. The Bertz CT molecular complexity index is 815. The molecule has 0 aliphatic carbocycles. The number of amides is 1. The summed E-state index contributed by atoms with van der Waals surface area (Å²) >= 11 is 0. The molecule has 1 amide bonds. The van der Waals surface area contributed by atoms with E-state index in [1.807, 2.05) is 19.1 Å². The number of aliphatic hydroxyl groups is 1. The quantitative estimate of drug-likeness (QED) is 0.865. The first-order valence-electron chi connectivity index (χ1n) is 8.82. The van der Waals surface area contributed by atoms with Crippen molar-refractivity contribution in [3.8, 4) is 11.5 Å². The molecule has 3 rings (SSSR count). The van der Waals surface area contributed by atoms with E-state index in [1.165, 1.54) is 0 Å². The number of methoxy groups -OCH3 is 2. The van der Waals surface area contributed by atoms with Gasteiger partial charge in [0.1, 0.15) is 17.6 Å². The van der Waals surface area contributed by atoms with Crippen molar-refractivity contribution in [1.29, 1.82) is 0 Å². The second-order valence-corrected chi connectivity index (χ2v) is 6.48. The predicted octanol–water partition coefficient (Wildman–Crippen LogP) is 2.49. The molecule has 1 aromatic carbocycles. The van der Waals surface area contributed by atoms with Crippen molar-refractivity contribution in [2.24, 2.45) is 0 Å². The van der Waals surface area contributed by atoms with E-state index in [4.69, 9.17) is 18.6 Å². The highest BCUT2D eigenvalue weighted by molar-refractivity contribution is 5.95. The fourth-order valence-corrected chi connectivity index (χ4v) is 3.54. The normalized spacial score (nSPS) is 19.8. The molecule has 1 saturated heterocycles. The molecule has 1 aromatic heterocycles. The SMILES string of the molecule is COc1ccc([C@@H]2[C@@H](CO)OCCN2C(=O)c2cc(C)oc2C)cc1OC. The molecule has 1 aliphatic heterocycles. The summed E-state index contributed by atoms with van der Waals surface area (Å²) in [5, 5.41) is 9.84. The van der Waals surface area contributed by atoms with Gasteiger partial charge >= 0.3 is 0 Å². The number of aryl methyl sites for hydroxylation is 2. The van der Waals surface area contributed by atoms with E-state index in [-0.39, 0.29) is 12.5 Å². The third kappa shape index (κ3) is 3.65. The fraction of sp³-hybridized carbons (Fsp3) is 0.450. The van der Waals surface area contributed by atoms with Crippen LogP contribution in [0.1, 0.15) is 33.5 Å². The van der Waals surface area contributed by atoms with Crippen molar-refractivity contribution in [1.82, 2.24) is 4.90 Å². The lowest BCUT2D eigenvalue weighted by atomic mass is 9.97. The lowest BCUT2D eigenvalue weighted by Crippen LogP contribution is -2.49. The van der Waals surface area contributed by atoms with E-state index in [2.05, 4.69) is 0 Å². The third-order valence-corrected chi connectivity index (χ3v) is 4.81. The van der Waals surface area contributed by atoms with E-state index in [1.54, 1.807) is 38.2 Å². The van der Waals surface area contributed by atoms with Crippen LogP contribution in [0.15, 0.2) is 28.7 Å². The van der Waals surface area contributed by atoms with Crippen LogP contribution in [-0.2, 0) is 4.74 Å². The largest absolute Gasteiger partial charge is 0.493 e. The Kier molecular flexibility index (Phi) is 5.72. The lowest BCUT2D eigenvalue weighted by molar-refractivity contribution is -0.0812. The van der Waals surface area contributed by atoms with Gasteiger partial charge in [-0.25, -0.2) is 0 Å². The number of hydrogen-bond acceptors (Lipinski definition) is 6. The molecule has 1 N–H and O–H groups in total. The molecule has 2 aromatic rings. The second kappa shape index (κ2) is 8.02. The first-order valence-corrected chi connectivity index (χ1v) is 8.82. The average molecular weight is 375 g/mol. The van der Waals surface area contributed by atoms with Crippen molar-refractivity contribution >= 4 is 5.91 Å². The molecule has 7 heteroatoms. The summed E-state index contributed by atoms with van der Waals surface area (Å²) in [5.41, 5.74) is 1.33. The van der Waals surface area contributed by atoms with Crippen molar-refractivity contribution in [3.63, 3.8) is 0 Å². The van der Waals surface area contributed by atoms with Crippen LogP contribution in [0.25, 0.3) is 0 Å². The Morgan fingerprint density at radius 2 is 1.96 bits per heavy atom. The molecular weight excluding hydrogens is 350 g/mol. The van der Waals surface area contributed by atoms with Crippen LogP contribution in [0.5, 0.6) is 11.5 Å². The molecule has 1 fully saturated rings. The van der Waals surface area contributed by atoms with Crippen LogP contribution in [0.4, 0.5) is 0 Å². The minimum Gasteiger partial charge on any atom is -0.493 e. The van der Waals surface area contributed by atoms with Gasteiger partial charge in [0.2, 0.25) is 0 Å². The Hall–Kier alpha value is -2.51. The van der Waals surface area contributed by atoms with Crippen LogP contribution in [0.3, 0.4) is 0 Å². The molecule has 0 bridgehead atoms. The highest BCUT2D eigenvalue weighted by Crippen LogP contribution is 2.36. The van der Waals surface area contributed by atoms with E-state index in [9.17, 15) is 9.90 Å². The molecule has 0 saturated carbocycles. The molecule has 2 atom stereocenters. The Balaban J connectivity index is 2.02. The summed E-state index contributed by atoms with van der Waals surface area (Å²) in [6, 6.07) is 6.75. The maximum atomic E-state index is 13.2. The van der Waals surface area contributed by atoms with E-state index < -0.39 is 12.1 Å². The summed E-state index contributed by atoms with van der Waals surface area (Å²) < 4.78 is 21.9. The molecule has 2 heterocycles. The van der Waals surface area contributed by atoms with Crippen molar-refractivity contribution < 1.29 is 28.5 Å². The summed E-state index contributed by atoms with van der Waals surface area (Å²) in [6.45, 7) is 4.15. The van der Waals surface area contributed by atoms with E-state index >= 15 is 0 Å². The first kappa shape index (κ1) is 19.3. The summed E-state index contributed by atoms with van der Waals surface area (Å²) in [4.78, 5) is 15.0. The Morgan fingerprint density at radius 3 is 2.56 bits per heavy atom. The van der Waals surface area contributed by atoms with Gasteiger partial charge in [-0.05, 0) is 37.6 Å². The van der Waals surface area contributed by atoms with Gasteiger partial charge in [-0.3, -0.25) is 4.79 Å². The average Bonchev–Trinajstić information content (AvgIpc) is 3.04. The minimum atomic E-state index is -0.533. The number of carbonyl (C=O) groups is 1. The Labute approximate surface area is 158 Å². The van der Waals surface area contributed by atoms with Crippen molar-refractivity contribution in [2.45, 2.75) is 26.0 Å². The van der Waals surface area contributed by atoms with Gasteiger partial charge in [0.15, 0.2) is 11.5 Å². The number of furan rings is 1. The van der Waals surface area contributed by atoms with Gasteiger partial charge in [-0.2, -0.15) is 0 Å². The van der Waals surface area contributed by atoms with Crippen LogP contribution < -0.4 is 9.47 Å². The Morgan fingerprint density at radius 1 is 1.22 bits per heavy atom. The van der Waals surface area contributed by atoms with Gasteiger partial charge in [0.25, 0.3) is 5.91 Å². The number of morpholine rings is 1. The van der Waals surface area contributed by atoms with Gasteiger partial charge in [-0.15, -0.1) is 0 Å². The number of nitrogens with zero attached hydrogens (tertiary/aromatic N) is 1. The highest BCUT2D eigenvalue weighted by Gasteiger charge is 2.37. The second-order valence-electron chi connectivity index (χ2n) is 6.48. The van der Waals surface area contributed by atoms with Gasteiger partial charge in [0.05, 0.1) is 39.0 Å². The minimum absolute atomic E-state index is 0.147. The topological polar surface area (TPSA) is 81.4 Å².